The van der Waals surface area contributed by atoms with Gasteiger partial charge in [0.05, 0.1) is 13.2 Å². The fraction of sp³-hybridized carbons (Fsp3) is 0.458. The monoisotopic (exact) mass is 475 g/mol. The predicted octanol–water partition coefficient (Wildman–Crippen LogP) is 2.76. The third-order valence-electron chi connectivity index (χ3n) is 6.18. The molecule has 0 unspecified atom stereocenters. The molecule has 0 atom stereocenters. The number of halogens is 1. The number of amides is 1. The Labute approximate surface area is 194 Å². The number of ether oxygens (including phenoxy) is 1. The Kier molecular flexibility index (Phi) is 7.75. The first-order chi connectivity index (χ1) is 15.9. The Hall–Kier alpha value is -2.33. The van der Waals surface area contributed by atoms with Crippen LogP contribution in [0.1, 0.15) is 40.7 Å². The zero-order valence-electron chi connectivity index (χ0n) is 18.6. The van der Waals surface area contributed by atoms with Gasteiger partial charge in [-0.3, -0.25) is 9.69 Å². The first kappa shape index (κ1) is 23.8. The van der Waals surface area contributed by atoms with Crippen LogP contribution >= 0.6 is 0 Å². The van der Waals surface area contributed by atoms with Gasteiger partial charge >= 0.3 is 0 Å². The van der Waals surface area contributed by atoms with E-state index >= 15 is 0 Å². The summed E-state index contributed by atoms with van der Waals surface area (Å²) in [7, 11) is -4.05. The Morgan fingerprint density at radius 1 is 0.970 bits per heavy atom. The first-order valence-corrected chi connectivity index (χ1v) is 12.8. The number of morpholine rings is 1. The third-order valence-corrected chi connectivity index (χ3v) is 8.10. The number of rotatable bonds is 7. The molecule has 0 saturated carbocycles. The lowest BCUT2D eigenvalue weighted by Crippen LogP contribution is -2.41. The molecule has 1 amide bonds. The maximum Gasteiger partial charge on any atom is 0.251 e. The van der Waals surface area contributed by atoms with Crippen LogP contribution in [0.15, 0.2) is 47.4 Å². The van der Waals surface area contributed by atoms with Crippen molar-refractivity contribution < 1.29 is 22.3 Å². The molecule has 0 radical (unpaired) electrons. The molecule has 2 aromatic carbocycles. The second-order valence-electron chi connectivity index (χ2n) is 8.45. The van der Waals surface area contributed by atoms with Crippen LogP contribution < -0.4 is 5.32 Å². The summed E-state index contributed by atoms with van der Waals surface area (Å²) in [6.45, 7) is 4.15. The van der Waals surface area contributed by atoms with E-state index in [1.807, 2.05) is 18.2 Å². The number of carbonyl (C=O) groups excluding carboxylic acids is 1. The van der Waals surface area contributed by atoms with Crippen molar-refractivity contribution in [2.24, 2.45) is 0 Å². The molecule has 0 spiro atoms. The molecule has 2 fully saturated rings. The first-order valence-electron chi connectivity index (χ1n) is 11.4. The maximum absolute atomic E-state index is 14.4. The number of hydrogen-bond donors (Lipinski definition) is 1. The SMILES string of the molecule is O=C(NCc1ccccc1CN1CCCCC1)c1ccc(F)c(S(=O)(=O)N2CCOCC2)c1. The molecule has 33 heavy (non-hydrogen) atoms. The predicted molar refractivity (Wildman–Crippen MR) is 123 cm³/mol. The van der Waals surface area contributed by atoms with Crippen molar-refractivity contribution in [1.29, 1.82) is 0 Å². The van der Waals surface area contributed by atoms with Crippen LogP contribution in [-0.4, -0.2) is 62.9 Å². The van der Waals surface area contributed by atoms with Gasteiger partial charge in [0.2, 0.25) is 10.0 Å². The van der Waals surface area contributed by atoms with Gasteiger partial charge in [-0.1, -0.05) is 30.7 Å². The topological polar surface area (TPSA) is 79.0 Å². The van der Waals surface area contributed by atoms with Crippen molar-refractivity contribution >= 4 is 15.9 Å². The molecular weight excluding hydrogens is 445 g/mol. The standard InChI is InChI=1S/C24H30FN3O4S/c25-22-9-8-19(16-23(22)33(30,31)28-12-14-32-15-13-28)24(29)26-17-20-6-2-3-7-21(20)18-27-10-4-1-5-11-27/h2-3,6-9,16H,1,4-5,10-15,17-18H2,(H,26,29). The average Bonchev–Trinajstić information content (AvgIpc) is 2.84. The van der Waals surface area contributed by atoms with E-state index in [1.165, 1.54) is 29.6 Å². The second-order valence-corrected chi connectivity index (χ2v) is 10.4. The normalized spacial score (nSPS) is 18.2. The highest BCUT2D eigenvalue weighted by molar-refractivity contribution is 7.89. The van der Waals surface area contributed by atoms with Crippen molar-refractivity contribution in [3.63, 3.8) is 0 Å². The van der Waals surface area contributed by atoms with Gasteiger partial charge < -0.3 is 10.1 Å². The van der Waals surface area contributed by atoms with Crippen LogP contribution in [0.3, 0.4) is 0 Å². The summed E-state index contributed by atoms with van der Waals surface area (Å²) in [5.74, 6) is -1.31. The average molecular weight is 476 g/mol. The van der Waals surface area contributed by atoms with E-state index in [-0.39, 0.29) is 31.9 Å². The van der Waals surface area contributed by atoms with Gasteiger partial charge in [-0.2, -0.15) is 4.31 Å². The van der Waals surface area contributed by atoms with Gasteiger partial charge in [-0.05, 0) is 55.3 Å². The third kappa shape index (κ3) is 5.78. The molecule has 9 heteroatoms. The van der Waals surface area contributed by atoms with Crippen molar-refractivity contribution in [1.82, 2.24) is 14.5 Å². The highest BCUT2D eigenvalue weighted by Crippen LogP contribution is 2.22. The zero-order valence-corrected chi connectivity index (χ0v) is 19.4. The molecule has 2 heterocycles. The summed E-state index contributed by atoms with van der Waals surface area (Å²) in [6, 6.07) is 11.4. The molecule has 7 nitrogen and oxygen atoms in total. The lowest BCUT2D eigenvalue weighted by molar-refractivity contribution is 0.0729. The minimum atomic E-state index is -4.05. The number of sulfonamides is 1. The number of likely N-dealkylation sites (tertiary alicyclic amines) is 1. The summed E-state index contributed by atoms with van der Waals surface area (Å²) in [5, 5.41) is 2.86. The fourth-order valence-corrected chi connectivity index (χ4v) is 5.79. The minimum Gasteiger partial charge on any atom is -0.379 e. The number of carbonyl (C=O) groups is 1. The summed E-state index contributed by atoms with van der Waals surface area (Å²) >= 11 is 0. The molecule has 178 valence electrons. The number of hydrogen-bond acceptors (Lipinski definition) is 5. The van der Waals surface area contributed by atoms with Crippen molar-refractivity contribution in [3.05, 3.63) is 65.0 Å². The molecular formula is C24H30FN3O4S. The van der Waals surface area contributed by atoms with Crippen molar-refractivity contribution in [2.45, 2.75) is 37.2 Å². The number of nitrogens with zero attached hydrogens (tertiary/aromatic N) is 2. The van der Waals surface area contributed by atoms with Crippen LogP contribution in [0, 0.1) is 5.82 Å². The lowest BCUT2D eigenvalue weighted by Gasteiger charge is -2.27. The highest BCUT2D eigenvalue weighted by atomic mass is 32.2. The Bertz CT molecular complexity index is 1080. The summed E-state index contributed by atoms with van der Waals surface area (Å²) < 4.78 is 46.6. The molecule has 0 bridgehead atoms. The summed E-state index contributed by atoms with van der Waals surface area (Å²) in [5.41, 5.74) is 2.28. The molecule has 2 aliphatic heterocycles. The van der Waals surface area contributed by atoms with Gasteiger partial charge in [0.15, 0.2) is 0 Å². The van der Waals surface area contributed by atoms with Crippen molar-refractivity contribution in [2.75, 3.05) is 39.4 Å². The Balaban J connectivity index is 1.46. The maximum atomic E-state index is 14.4. The van der Waals surface area contributed by atoms with E-state index in [9.17, 15) is 17.6 Å². The molecule has 2 aliphatic rings. The lowest BCUT2D eigenvalue weighted by atomic mass is 10.0. The number of nitrogens with one attached hydrogen (secondary N) is 1. The zero-order chi connectivity index (χ0) is 23.3. The summed E-state index contributed by atoms with van der Waals surface area (Å²) in [6.07, 6.45) is 3.69. The second kappa shape index (κ2) is 10.7. The van der Waals surface area contributed by atoms with E-state index < -0.39 is 26.6 Å². The largest absolute Gasteiger partial charge is 0.379 e. The van der Waals surface area contributed by atoms with Crippen LogP contribution in [0.5, 0.6) is 0 Å². The van der Waals surface area contributed by atoms with E-state index in [2.05, 4.69) is 16.3 Å². The molecule has 1 N–H and O–H groups in total. The van der Waals surface area contributed by atoms with Crippen LogP contribution in [0.4, 0.5) is 4.39 Å². The number of benzene rings is 2. The van der Waals surface area contributed by atoms with Gasteiger partial charge in [-0.25, -0.2) is 12.8 Å². The Morgan fingerprint density at radius 2 is 1.67 bits per heavy atom. The highest BCUT2D eigenvalue weighted by Gasteiger charge is 2.29. The van der Waals surface area contributed by atoms with Gasteiger partial charge in [-0.15, -0.1) is 0 Å². The minimum absolute atomic E-state index is 0.108. The van der Waals surface area contributed by atoms with E-state index in [0.29, 0.717) is 6.54 Å². The summed E-state index contributed by atoms with van der Waals surface area (Å²) in [4.78, 5) is 14.8. The molecule has 2 aromatic rings. The molecule has 2 saturated heterocycles. The van der Waals surface area contributed by atoms with Gasteiger partial charge in [0, 0.05) is 31.7 Å². The van der Waals surface area contributed by atoms with E-state index in [0.717, 1.165) is 42.9 Å². The van der Waals surface area contributed by atoms with Crippen LogP contribution in [-0.2, 0) is 27.8 Å². The van der Waals surface area contributed by atoms with Crippen LogP contribution in [0.2, 0.25) is 0 Å². The molecule has 0 aliphatic carbocycles. The fourth-order valence-electron chi connectivity index (χ4n) is 4.29. The Morgan fingerprint density at radius 3 is 2.39 bits per heavy atom. The van der Waals surface area contributed by atoms with Gasteiger partial charge in [0.1, 0.15) is 10.7 Å². The molecule has 4 rings (SSSR count). The smallest absolute Gasteiger partial charge is 0.251 e. The van der Waals surface area contributed by atoms with Crippen molar-refractivity contribution in [3.8, 4) is 0 Å². The quantitative estimate of drug-likeness (QED) is 0.666. The molecule has 0 aromatic heterocycles. The van der Waals surface area contributed by atoms with Gasteiger partial charge in [0.25, 0.3) is 5.91 Å². The van der Waals surface area contributed by atoms with Crippen LogP contribution in [0.25, 0.3) is 0 Å². The van der Waals surface area contributed by atoms with E-state index in [1.54, 1.807) is 0 Å². The van der Waals surface area contributed by atoms with E-state index in [4.69, 9.17) is 4.74 Å². The number of piperidine rings is 1.